The highest BCUT2D eigenvalue weighted by atomic mass is 79.9. The third-order valence-electron chi connectivity index (χ3n) is 3.60. The number of aromatic nitrogens is 2. The van der Waals surface area contributed by atoms with Gasteiger partial charge in [0.1, 0.15) is 5.82 Å². The van der Waals surface area contributed by atoms with Crippen molar-refractivity contribution in [2.45, 2.75) is 18.9 Å². The van der Waals surface area contributed by atoms with Crippen molar-refractivity contribution in [1.29, 1.82) is 0 Å². The van der Waals surface area contributed by atoms with Gasteiger partial charge in [0.15, 0.2) is 0 Å². The Balaban J connectivity index is 1.67. The largest absolute Gasteiger partial charge is 0.377 e. The SMILES string of the molecule is Fc1ccc2nc(N3CCC(OCCBr)CC3)[nH]c2c1. The maximum Gasteiger partial charge on any atom is 0.203 e. The van der Waals surface area contributed by atoms with Gasteiger partial charge < -0.3 is 14.6 Å². The van der Waals surface area contributed by atoms with Crippen LogP contribution in [0.3, 0.4) is 0 Å². The van der Waals surface area contributed by atoms with Gasteiger partial charge in [0.05, 0.1) is 23.7 Å². The van der Waals surface area contributed by atoms with E-state index in [4.69, 9.17) is 4.74 Å². The molecule has 0 radical (unpaired) electrons. The summed E-state index contributed by atoms with van der Waals surface area (Å²) < 4.78 is 18.9. The molecule has 108 valence electrons. The Hall–Kier alpha value is -1.14. The van der Waals surface area contributed by atoms with Crippen molar-refractivity contribution < 1.29 is 9.13 Å². The van der Waals surface area contributed by atoms with Gasteiger partial charge in [-0.05, 0) is 31.0 Å². The summed E-state index contributed by atoms with van der Waals surface area (Å²) in [4.78, 5) is 9.91. The van der Waals surface area contributed by atoms with Gasteiger partial charge in [-0.2, -0.15) is 0 Å². The van der Waals surface area contributed by atoms with Crippen LogP contribution in [0, 0.1) is 5.82 Å². The van der Waals surface area contributed by atoms with Crippen LogP contribution in [-0.4, -0.2) is 41.1 Å². The fourth-order valence-corrected chi connectivity index (χ4v) is 2.75. The Kier molecular flexibility index (Phi) is 4.21. The molecule has 4 nitrogen and oxygen atoms in total. The minimum absolute atomic E-state index is 0.241. The second-order valence-electron chi connectivity index (χ2n) is 4.97. The van der Waals surface area contributed by atoms with Gasteiger partial charge in [0.25, 0.3) is 0 Å². The van der Waals surface area contributed by atoms with Crippen LogP contribution in [0.1, 0.15) is 12.8 Å². The van der Waals surface area contributed by atoms with Crippen LogP contribution >= 0.6 is 15.9 Å². The van der Waals surface area contributed by atoms with Gasteiger partial charge >= 0.3 is 0 Å². The summed E-state index contributed by atoms with van der Waals surface area (Å²) in [7, 11) is 0. The Morgan fingerprint density at radius 1 is 1.40 bits per heavy atom. The number of aromatic amines is 1. The molecule has 0 aliphatic carbocycles. The van der Waals surface area contributed by atoms with Gasteiger partial charge in [-0.1, -0.05) is 15.9 Å². The summed E-state index contributed by atoms with van der Waals surface area (Å²) in [6.07, 6.45) is 2.34. The number of anilines is 1. The third kappa shape index (κ3) is 2.96. The molecule has 0 atom stereocenters. The van der Waals surface area contributed by atoms with Crippen molar-refractivity contribution in [3.63, 3.8) is 0 Å². The minimum atomic E-state index is -0.241. The summed E-state index contributed by atoms with van der Waals surface area (Å²) in [5, 5.41) is 0.877. The fourth-order valence-electron chi connectivity index (χ4n) is 2.56. The molecule has 2 aromatic rings. The molecular weight excluding hydrogens is 325 g/mol. The number of hydrogen-bond donors (Lipinski definition) is 1. The molecule has 6 heteroatoms. The van der Waals surface area contributed by atoms with E-state index in [1.165, 1.54) is 12.1 Å². The first kappa shape index (κ1) is 13.8. The molecule has 1 aliphatic heterocycles. The number of piperidine rings is 1. The summed E-state index contributed by atoms with van der Waals surface area (Å²) in [6.45, 7) is 2.58. The number of ether oxygens (including phenoxy) is 1. The number of H-pyrrole nitrogens is 1. The molecule has 1 aromatic carbocycles. The van der Waals surface area contributed by atoms with Crippen molar-refractivity contribution in [2.75, 3.05) is 29.9 Å². The van der Waals surface area contributed by atoms with E-state index in [9.17, 15) is 4.39 Å². The molecule has 0 saturated carbocycles. The smallest absolute Gasteiger partial charge is 0.203 e. The van der Waals surface area contributed by atoms with Crippen LogP contribution in [0.4, 0.5) is 10.3 Å². The Morgan fingerprint density at radius 2 is 2.20 bits per heavy atom. The molecule has 0 bridgehead atoms. The molecule has 1 aromatic heterocycles. The first-order valence-corrected chi connectivity index (χ1v) is 7.96. The van der Waals surface area contributed by atoms with Crippen LogP contribution in [0.5, 0.6) is 0 Å². The van der Waals surface area contributed by atoms with E-state index in [1.807, 2.05) is 0 Å². The Bertz CT molecular complexity index is 581. The van der Waals surface area contributed by atoms with Crippen LogP contribution in [0.2, 0.25) is 0 Å². The lowest BCUT2D eigenvalue weighted by Crippen LogP contribution is -2.37. The predicted molar refractivity (Wildman–Crippen MR) is 81.0 cm³/mol. The number of alkyl halides is 1. The summed E-state index contributed by atoms with van der Waals surface area (Å²) >= 11 is 3.37. The molecule has 1 saturated heterocycles. The zero-order valence-corrected chi connectivity index (χ0v) is 12.7. The van der Waals surface area contributed by atoms with E-state index in [2.05, 4.69) is 30.8 Å². The zero-order valence-electron chi connectivity index (χ0n) is 11.1. The van der Waals surface area contributed by atoms with Gasteiger partial charge in [-0.3, -0.25) is 0 Å². The number of nitrogens with one attached hydrogen (secondary N) is 1. The van der Waals surface area contributed by atoms with E-state index >= 15 is 0 Å². The van der Waals surface area contributed by atoms with Crippen LogP contribution < -0.4 is 4.90 Å². The number of fused-ring (bicyclic) bond motifs is 1. The van der Waals surface area contributed by atoms with E-state index in [0.717, 1.165) is 54.8 Å². The monoisotopic (exact) mass is 341 g/mol. The fraction of sp³-hybridized carbons (Fsp3) is 0.500. The summed E-state index contributed by atoms with van der Waals surface area (Å²) in [6, 6.07) is 4.63. The second-order valence-corrected chi connectivity index (χ2v) is 5.76. The number of imidazole rings is 1. The molecule has 1 fully saturated rings. The van der Waals surface area contributed by atoms with Crippen molar-refractivity contribution in [2.24, 2.45) is 0 Å². The van der Waals surface area contributed by atoms with E-state index in [0.29, 0.717) is 6.10 Å². The van der Waals surface area contributed by atoms with Gasteiger partial charge in [0, 0.05) is 18.4 Å². The van der Waals surface area contributed by atoms with Gasteiger partial charge in [-0.25, -0.2) is 9.37 Å². The molecule has 1 N–H and O–H groups in total. The summed E-state index contributed by atoms with van der Waals surface area (Å²) in [5.74, 6) is 0.583. The van der Waals surface area contributed by atoms with Crippen molar-refractivity contribution in [1.82, 2.24) is 9.97 Å². The predicted octanol–water partition coefficient (Wildman–Crippen LogP) is 3.08. The number of rotatable bonds is 4. The molecule has 3 rings (SSSR count). The minimum Gasteiger partial charge on any atom is -0.377 e. The molecule has 0 unspecified atom stereocenters. The van der Waals surface area contributed by atoms with Gasteiger partial charge in [0.2, 0.25) is 5.95 Å². The number of hydrogen-bond acceptors (Lipinski definition) is 3. The highest BCUT2D eigenvalue weighted by Crippen LogP contribution is 2.22. The third-order valence-corrected chi connectivity index (χ3v) is 3.93. The van der Waals surface area contributed by atoms with Crippen LogP contribution in [0.25, 0.3) is 11.0 Å². The lowest BCUT2D eigenvalue weighted by atomic mass is 10.1. The molecule has 2 heterocycles. The van der Waals surface area contributed by atoms with Crippen LogP contribution in [0.15, 0.2) is 18.2 Å². The zero-order chi connectivity index (χ0) is 13.9. The molecule has 0 amide bonds. The number of nitrogens with zero attached hydrogens (tertiary/aromatic N) is 2. The average molecular weight is 342 g/mol. The van der Waals surface area contributed by atoms with Crippen molar-refractivity contribution in [3.05, 3.63) is 24.0 Å². The number of benzene rings is 1. The van der Waals surface area contributed by atoms with Gasteiger partial charge in [-0.15, -0.1) is 0 Å². The molecule has 0 spiro atoms. The van der Waals surface area contributed by atoms with E-state index in [1.54, 1.807) is 6.07 Å². The van der Waals surface area contributed by atoms with E-state index in [-0.39, 0.29) is 5.82 Å². The Labute approximate surface area is 125 Å². The molecular formula is C14H17BrFN3O. The Morgan fingerprint density at radius 3 is 2.95 bits per heavy atom. The first-order valence-electron chi connectivity index (χ1n) is 6.84. The summed E-state index contributed by atoms with van der Waals surface area (Å²) in [5.41, 5.74) is 1.55. The van der Waals surface area contributed by atoms with Crippen molar-refractivity contribution >= 4 is 32.9 Å². The quantitative estimate of drug-likeness (QED) is 0.869. The molecule has 1 aliphatic rings. The normalized spacial score (nSPS) is 17.0. The molecule has 20 heavy (non-hydrogen) atoms. The highest BCUT2D eigenvalue weighted by Gasteiger charge is 2.21. The van der Waals surface area contributed by atoms with Crippen molar-refractivity contribution in [3.8, 4) is 0 Å². The standard InChI is InChI=1S/C14H17BrFN3O/c15-5-8-20-11-3-6-19(7-4-11)14-17-12-2-1-10(16)9-13(12)18-14/h1-2,9,11H,3-8H2,(H,17,18). The highest BCUT2D eigenvalue weighted by molar-refractivity contribution is 9.09. The lowest BCUT2D eigenvalue weighted by molar-refractivity contribution is 0.0479. The lowest BCUT2D eigenvalue weighted by Gasteiger charge is -2.31. The average Bonchev–Trinajstić information content (AvgIpc) is 2.88. The van der Waals surface area contributed by atoms with Crippen LogP contribution in [-0.2, 0) is 4.74 Å². The topological polar surface area (TPSA) is 41.2 Å². The second kappa shape index (κ2) is 6.10. The maximum atomic E-state index is 13.2. The number of halogens is 2. The van der Waals surface area contributed by atoms with E-state index < -0.39 is 0 Å². The maximum absolute atomic E-state index is 13.2. The first-order chi connectivity index (χ1) is 9.76.